The second-order valence-electron chi connectivity index (χ2n) is 5.19. The third-order valence-corrected chi connectivity index (χ3v) is 4.83. The summed E-state index contributed by atoms with van der Waals surface area (Å²) in [4.78, 5) is 19.8. The molecule has 0 saturated carbocycles. The van der Waals surface area contributed by atoms with Gasteiger partial charge in [0.25, 0.3) is 5.91 Å². The van der Waals surface area contributed by atoms with Crippen LogP contribution in [-0.2, 0) is 12.8 Å². The molecule has 0 radical (unpaired) electrons. The van der Waals surface area contributed by atoms with Gasteiger partial charge in [0.15, 0.2) is 0 Å². The van der Waals surface area contributed by atoms with Crippen molar-refractivity contribution in [3.8, 4) is 0 Å². The first kappa shape index (κ1) is 19.6. The molecular formula is C17H24ClN3OS. The van der Waals surface area contributed by atoms with Crippen LogP contribution < -0.4 is 5.73 Å². The van der Waals surface area contributed by atoms with Gasteiger partial charge in [0, 0.05) is 19.6 Å². The summed E-state index contributed by atoms with van der Waals surface area (Å²) in [6, 6.07) is 10.2. The highest BCUT2D eigenvalue weighted by Gasteiger charge is 2.20. The molecule has 1 heterocycles. The molecule has 0 unspecified atom stereocenters. The number of nitrogens with zero attached hydrogens (tertiary/aromatic N) is 2. The van der Waals surface area contributed by atoms with Crippen molar-refractivity contribution < 1.29 is 4.79 Å². The van der Waals surface area contributed by atoms with Crippen molar-refractivity contribution in [2.45, 2.75) is 26.7 Å². The summed E-state index contributed by atoms with van der Waals surface area (Å²) < 4.78 is 0. The van der Waals surface area contributed by atoms with Crippen LogP contribution in [0.1, 0.15) is 32.9 Å². The Bertz CT molecular complexity index is 616. The van der Waals surface area contributed by atoms with Crippen molar-refractivity contribution in [1.29, 1.82) is 0 Å². The van der Waals surface area contributed by atoms with Crippen molar-refractivity contribution in [2.75, 3.05) is 19.6 Å². The normalized spacial score (nSPS) is 10.2. The van der Waals surface area contributed by atoms with E-state index in [0.29, 0.717) is 19.6 Å². The Morgan fingerprint density at radius 1 is 1.26 bits per heavy atom. The van der Waals surface area contributed by atoms with Crippen LogP contribution in [0.15, 0.2) is 30.3 Å². The van der Waals surface area contributed by atoms with Crippen molar-refractivity contribution in [3.63, 3.8) is 0 Å². The maximum atomic E-state index is 12.7. The first-order valence-electron chi connectivity index (χ1n) is 7.65. The van der Waals surface area contributed by atoms with Gasteiger partial charge < -0.3 is 10.6 Å². The lowest BCUT2D eigenvalue weighted by molar-refractivity contribution is 0.0766. The van der Waals surface area contributed by atoms with Gasteiger partial charge in [-0.25, -0.2) is 4.98 Å². The first-order chi connectivity index (χ1) is 10.7. The summed E-state index contributed by atoms with van der Waals surface area (Å²) in [5.41, 5.74) is 7.73. The van der Waals surface area contributed by atoms with E-state index in [9.17, 15) is 4.79 Å². The maximum Gasteiger partial charge on any atom is 0.265 e. The molecule has 4 nitrogen and oxygen atoms in total. The second kappa shape index (κ2) is 9.65. The molecule has 0 aliphatic heterocycles. The number of carbonyl (C=O) groups excluding carboxylic acids is 1. The Balaban J connectivity index is 0.00000264. The smallest absolute Gasteiger partial charge is 0.265 e. The second-order valence-corrected chi connectivity index (χ2v) is 6.28. The molecule has 0 fully saturated rings. The molecular weight excluding hydrogens is 330 g/mol. The Morgan fingerprint density at radius 2 is 1.96 bits per heavy atom. The third kappa shape index (κ3) is 5.30. The number of amides is 1. The number of thiazole rings is 1. The molecule has 0 atom stereocenters. The molecule has 0 bridgehead atoms. The largest absolute Gasteiger partial charge is 0.336 e. The monoisotopic (exact) mass is 353 g/mol. The fourth-order valence-electron chi connectivity index (χ4n) is 2.33. The van der Waals surface area contributed by atoms with Gasteiger partial charge in [-0.2, -0.15) is 0 Å². The fourth-order valence-corrected chi connectivity index (χ4v) is 3.30. The quantitative estimate of drug-likeness (QED) is 0.832. The van der Waals surface area contributed by atoms with Crippen LogP contribution in [0.25, 0.3) is 0 Å². The van der Waals surface area contributed by atoms with Gasteiger partial charge in [0.1, 0.15) is 4.88 Å². The molecule has 23 heavy (non-hydrogen) atoms. The van der Waals surface area contributed by atoms with Crippen molar-refractivity contribution in [3.05, 3.63) is 51.5 Å². The number of aryl methyl sites for hydroxylation is 2. The maximum absolute atomic E-state index is 12.7. The fraction of sp³-hybridized carbons (Fsp3) is 0.412. The van der Waals surface area contributed by atoms with Gasteiger partial charge in [-0.3, -0.25) is 4.79 Å². The van der Waals surface area contributed by atoms with Gasteiger partial charge in [0.05, 0.1) is 10.7 Å². The van der Waals surface area contributed by atoms with Crippen molar-refractivity contribution in [1.82, 2.24) is 9.88 Å². The van der Waals surface area contributed by atoms with E-state index in [1.807, 2.05) is 30.0 Å². The Labute approximate surface area is 148 Å². The van der Waals surface area contributed by atoms with E-state index in [-0.39, 0.29) is 18.3 Å². The van der Waals surface area contributed by atoms with E-state index >= 15 is 0 Å². The van der Waals surface area contributed by atoms with Crippen LogP contribution in [-0.4, -0.2) is 35.4 Å². The van der Waals surface area contributed by atoms with Crippen LogP contribution in [0.3, 0.4) is 0 Å². The summed E-state index contributed by atoms with van der Waals surface area (Å²) >= 11 is 1.50. The molecule has 2 N–H and O–H groups in total. The Hall–Kier alpha value is -1.43. The first-order valence-corrected chi connectivity index (χ1v) is 8.47. The lowest BCUT2D eigenvalue weighted by Gasteiger charge is -2.21. The Kier molecular flexibility index (Phi) is 8.23. The van der Waals surface area contributed by atoms with Crippen LogP contribution >= 0.6 is 23.7 Å². The lowest BCUT2D eigenvalue weighted by atomic mass is 10.1. The minimum Gasteiger partial charge on any atom is -0.336 e. The molecule has 1 amide bonds. The molecule has 0 saturated heterocycles. The Morgan fingerprint density at radius 3 is 2.52 bits per heavy atom. The molecule has 2 rings (SSSR count). The predicted octanol–water partition coefficient (Wildman–Crippen LogP) is 3.08. The van der Waals surface area contributed by atoms with Crippen molar-refractivity contribution in [2.24, 2.45) is 5.73 Å². The predicted molar refractivity (Wildman–Crippen MR) is 98.6 cm³/mol. The number of hydrogen-bond acceptors (Lipinski definition) is 4. The lowest BCUT2D eigenvalue weighted by Crippen LogP contribution is -2.36. The average molecular weight is 354 g/mol. The number of rotatable bonds is 7. The standard InChI is InChI=1S/C17H23N3OS.ClH/c1-3-15-19-13(2)16(22-15)17(21)20(12-10-18)11-9-14-7-5-4-6-8-14;/h4-8H,3,9-12,18H2,1-2H3;1H. The van der Waals surface area contributed by atoms with E-state index in [1.54, 1.807) is 0 Å². The average Bonchev–Trinajstić information content (AvgIpc) is 2.93. The molecule has 1 aromatic carbocycles. The van der Waals surface area contributed by atoms with Gasteiger partial charge >= 0.3 is 0 Å². The van der Waals surface area contributed by atoms with Crippen LogP contribution in [0, 0.1) is 6.92 Å². The molecule has 126 valence electrons. The number of hydrogen-bond donors (Lipinski definition) is 1. The zero-order valence-corrected chi connectivity index (χ0v) is 15.3. The number of halogens is 1. The van der Waals surface area contributed by atoms with Gasteiger partial charge in [-0.05, 0) is 25.3 Å². The van der Waals surface area contributed by atoms with Gasteiger partial charge in [-0.15, -0.1) is 23.7 Å². The highest BCUT2D eigenvalue weighted by molar-refractivity contribution is 7.13. The van der Waals surface area contributed by atoms with E-state index in [1.165, 1.54) is 16.9 Å². The molecule has 6 heteroatoms. The van der Waals surface area contributed by atoms with E-state index < -0.39 is 0 Å². The highest BCUT2D eigenvalue weighted by Crippen LogP contribution is 2.20. The topological polar surface area (TPSA) is 59.2 Å². The molecule has 0 aliphatic carbocycles. The molecule has 1 aromatic heterocycles. The van der Waals surface area contributed by atoms with Crippen LogP contribution in [0.4, 0.5) is 0 Å². The zero-order valence-electron chi connectivity index (χ0n) is 13.6. The molecule has 2 aromatic rings. The number of benzene rings is 1. The minimum atomic E-state index is 0. The molecule has 0 aliphatic rings. The van der Waals surface area contributed by atoms with E-state index in [0.717, 1.165) is 28.4 Å². The summed E-state index contributed by atoms with van der Waals surface area (Å²) in [6.45, 7) is 5.68. The minimum absolute atomic E-state index is 0. The molecule has 0 spiro atoms. The SMILES string of the molecule is CCc1nc(C)c(C(=O)N(CCN)CCc2ccccc2)s1.Cl. The third-order valence-electron chi connectivity index (χ3n) is 3.54. The zero-order chi connectivity index (χ0) is 15.9. The van der Waals surface area contributed by atoms with Gasteiger partial charge in [-0.1, -0.05) is 37.3 Å². The summed E-state index contributed by atoms with van der Waals surface area (Å²) in [5.74, 6) is 0.0519. The van der Waals surface area contributed by atoms with Crippen LogP contribution in [0.5, 0.6) is 0 Å². The van der Waals surface area contributed by atoms with Gasteiger partial charge in [0.2, 0.25) is 0 Å². The summed E-state index contributed by atoms with van der Waals surface area (Å²) in [7, 11) is 0. The highest BCUT2D eigenvalue weighted by atomic mass is 35.5. The number of carbonyl (C=O) groups is 1. The van der Waals surface area contributed by atoms with E-state index in [2.05, 4.69) is 24.0 Å². The van der Waals surface area contributed by atoms with Crippen molar-refractivity contribution >= 4 is 29.7 Å². The summed E-state index contributed by atoms with van der Waals surface area (Å²) in [6.07, 6.45) is 1.70. The van der Waals surface area contributed by atoms with E-state index in [4.69, 9.17) is 5.73 Å². The number of nitrogens with two attached hydrogens (primary N) is 1. The summed E-state index contributed by atoms with van der Waals surface area (Å²) in [5, 5.41) is 1.01. The van der Waals surface area contributed by atoms with Crippen LogP contribution in [0.2, 0.25) is 0 Å². The number of aromatic nitrogens is 1.